The summed E-state index contributed by atoms with van der Waals surface area (Å²) in [7, 11) is 0. The van der Waals surface area contributed by atoms with Crippen molar-refractivity contribution in [1.82, 2.24) is 0 Å². The van der Waals surface area contributed by atoms with Crippen LogP contribution < -0.4 is 0 Å². The summed E-state index contributed by atoms with van der Waals surface area (Å²) in [4.78, 5) is 0. The van der Waals surface area contributed by atoms with Crippen LogP contribution in [0.5, 0.6) is 0 Å². The average Bonchev–Trinajstić information content (AvgIpc) is 2.81. The van der Waals surface area contributed by atoms with Gasteiger partial charge in [0.25, 0.3) is 0 Å². The van der Waals surface area contributed by atoms with E-state index in [9.17, 15) is 0 Å². The summed E-state index contributed by atoms with van der Waals surface area (Å²) in [6.07, 6.45) is 25.7. The first-order chi connectivity index (χ1) is 14.8. The Morgan fingerprint density at radius 2 is 1.37 bits per heavy atom. The minimum atomic E-state index is 0.812. The van der Waals surface area contributed by atoms with Crippen LogP contribution in [0.25, 0.3) is 0 Å². The van der Waals surface area contributed by atoms with Crippen molar-refractivity contribution in [2.75, 3.05) is 0 Å². The summed E-state index contributed by atoms with van der Waals surface area (Å²) in [5.41, 5.74) is 3.05. The third kappa shape index (κ3) is 7.46. The smallest absolute Gasteiger partial charge is 0.0912 e. The van der Waals surface area contributed by atoms with E-state index in [1.165, 1.54) is 82.3 Å². The van der Waals surface area contributed by atoms with Crippen molar-refractivity contribution in [3.05, 3.63) is 59.7 Å². The number of allylic oxidation sites excluding steroid dienone is 4. The number of rotatable bonds is 9. The summed E-state index contributed by atoms with van der Waals surface area (Å²) < 4.78 is 0. The van der Waals surface area contributed by atoms with E-state index in [4.69, 9.17) is 5.26 Å². The van der Waals surface area contributed by atoms with Crippen molar-refractivity contribution < 1.29 is 0 Å². The second-order valence-electron chi connectivity index (χ2n) is 9.77. The summed E-state index contributed by atoms with van der Waals surface area (Å²) in [5, 5.41) is 8.48. The minimum absolute atomic E-state index is 0.812. The lowest BCUT2D eigenvalue weighted by atomic mass is 9.74. The van der Waals surface area contributed by atoms with Gasteiger partial charge in [-0.1, -0.05) is 87.9 Å². The Labute approximate surface area is 185 Å². The number of aryl methyl sites for hydroxylation is 1. The molecular formula is C29H41N. The van der Waals surface area contributed by atoms with Gasteiger partial charge in [0.15, 0.2) is 0 Å². The third-order valence-electron chi connectivity index (χ3n) is 7.82. The van der Waals surface area contributed by atoms with Crippen LogP contribution >= 0.6 is 0 Å². The lowest BCUT2D eigenvalue weighted by Gasteiger charge is -2.32. The molecule has 0 atom stereocenters. The van der Waals surface area contributed by atoms with Crippen molar-refractivity contribution in [3.8, 4) is 6.07 Å². The number of hydrogen-bond acceptors (Lipinski definition) is 1. The minimum Gasteiger partial charge on any atom is -0.193 e. The van der Waals surface area contributed by atoms with Gasteiger partial charge in [0, 0.05) is 6.08 Å². The van der Waals surface area contributed by atoms with Crippen LogP contribution in [0, 0.1) is 29.1 Å². The first-order valence-corrected chi connectivity index (χ1v) is 12.6. The maximum atomic E-state index is 8.48. The Morgan fingerprint density at radius 3 is 1.93 bits per heavy atom. The van der Waals surface area contributed by atoms with Gasteiger partial charge in [-0.05, 0) is 79.7 Å². The molecule has 1 heteroatoms. The van der Waals surface area contributed by atoms with Crippen molar-refractivity contribution in [2.45, 2.75) is 96.3 Å². The Bertz CT molecular complexity index is 689. The van der Waals surface area contributed by atoms with Crippen molar-refractivity contribution in [3.63, 3.8) is 0 Å². The highest BCUT2D eigenvalue weighted by Crippen LogP contribution is 2.40. The molecule has 0 unspecified atom stereocenters. The van der Waals surface area contributed by atoms with Gasteiger partial charge in [0.05, 0.1) is 6.07 Å². The molecule has 0 bridgehead atoms. The van der Waals surface area contributed by atoms with E-state index in [2.05, 4.69) is 37.3 Å². The van der Waals surface area contributed by atoms with E-state index in [0.717, 1.165) is 36.5 Å². The fraction of sp³-hybridized carbons (Fsp3) is 0.621. The Hall–Kier alpha value is -1.81. The van der Waals surface area contributed by atoms with Crippen LogP contribution in [0.4, 0.5) is 0 Å². The normalized spacial score (nSPS) is 27.5. The maximum absolute atomic E-state index is 8.48. The van der Waals surface area contributed by atoms with E-state index in [1.807, 2.05) is 18.2 Å². The summed E-state index contributed by atoms with van der Waals surface area (Å²) in [5.74, 6) is 3.72. The molecule has 1 aromatic carbocycles. The van der Waals surface area contributed by atoms with Crippen LogP contribution in [0.1, 0.15) is 101 Å². The van der Waals surface area contributed by atoms with E-state index in [0.29, 0.717) is 0 Å². The topological polar surface area (TPSA) is 23.8 Å². The first kappa shape index (κ1) is 22.9. The largest absolute Gasteiger partial charge is 0.193 e. The molecule has 3 rings (SSSR count). The quantitative estimate of drug-likeness (QED) is 0.299. The van der Waals surface area contributed by atoms with Gasteiger partial charge in [-0.25, -0.2) is 0 Å². The van der Waals surface area contributed by atoms with Gasteiger partial charge in [0.2, 0.25) is 0 Å². The van der Waals surface area contributed by atoms with Crippen LogP contribution in [-0.2, 0) is 6.42 Å². The van der Waals surface area contributed by atoms with Gasteiger partial charge < -0.3 is 0 Å². The molecule has 1 nitrogen and oxygen atoms in total. The monoisotopic (exact) mass is 403 g/mol. The first-order valence-electron chi connectivity index (χ1n) is 12.6. The summed E-state index contributed by atoms with van der Waals surface area (Å²) >= 11 is 0. The molecule has 0 saturated heterocycles. The molecule has 0 spiro atoms. The predicted octanol–water partition coefficient (Wildman–Crippen LogP) is 8.53. The van der Waals surface area contributed by atoms with Gasteiger partial charge in [-0.15, -0.1) is 0 Å². The predicted molar refractivity (Wildman–Crippen MR) is 128 cm³/mol. The fourth-order valence-electron chi connectivity index (χ4n) is 5.70. The van der Waals surface area contributed by atoms with Gasteiger partial charge in [-0.3, -0.25) is 0 Å². The van der Waals surface area contributed by atoms with E-state index in [1.54, 1.807) is 5.56 Å². The number of nitrogens with zero attached hydrogens (tertiary/aromatic N) is 1. The number of nitriles is 1. The van der Waals surface area contributed by atoms with Gasteiger partial charge in [-0.2, -0.15) is 5.26 Å². The SMILES string of the molecule is CCc1ccc(C2CCC(CCC3CCC(CC/C=C/C=C/C#N)CC3)CC2)cc1. The molecule has 0 heterocycles. The zero-order valence-corrected chi connectivity index (χ0v) is 19.1. The van der Waals surface area contributed by atoms with E-state index < -0.39 is 0 Å². The van der Waals surface area contributed by atoms with Crippen molar-refractivity contribution >= 4 is 0 Å². The molecule has 2 aliphatic carbocycles. The maximum Gasteiger partial charge on any atom is 0.0912 e. The molecule has 0 aliphatic heterocycles. The van der Waals surface area contributed by atoms with E-state index in [-0.39, 0.29) is 0 Å². The van der Waals surface area contributed by atoms with Crippen LogP contribution in [0.2, 0.25) is 0 Å². The molecular weight excluding hydrogens is 362 g/mol. The second-order valence-corrected chi connectivity index (χ2v) is 9.77. The molecule has 0 radical (unpaired) electrons. The molecule has 0 aromatic heterocycles. The van der Waals surface area contributed by atoms with Crippen LogP contribution in [-0.4, -0.2) is 0 Å². The van der Waals surface area contributed by atoms with Crippen LogP contribution in [0.3, 0.4) is 0 Å². The fourth-order valence-corrected chi connectivity index (χ4v) is 5.70. The molecule has 2 fully saturated rings. The Balaban J connectivity index is 1.28. The van der Waals surface area contributed by atoms with Crippen molar-refractivity contribution in [1.29, 1.82) is 5.26 Å². The Kier molecular flexibility index (Phi) is 9.75. The molecule has 1 aromatic rings. The lowest BCUT2D eigenvalue weighted by Crippen LogP contribution is -2.17. The number of hydrogen-bond donors (Lipinski definition) is 0. The second kappa shape index (κ2) is 12.8. The molecule has 162 valence electrons. The molecule has 0 amide bonds. The zero-order valence-electron chi connectivity index (χ0n) is 19.1. The highest BCUT2D eigenvalue weighted by atomic mass is 14.3. The zero-order chi connectivity index (χ0) is 21.0. The highest BCUT2D eigenvalue weighted by molar-refractivity contribution is 5.25. The molecule has 30 heavy (non-hydrogen) atoms. The lowest BCUT2D eigenvalue weighted by molar-refractivity contribution is 0.225. The number of benzene rings is 1. The average molecular weight is 404 g/mol. The summed E-state index contributed by atoms with van der Waals surface area (Å²) in [6, 6.07) is 11.5. The molecule has 0 N–H and O–H groups in total. The van der Waals surface area contributed by atoms with Crippen LogP contribution in [0.15, 0.2) is 48.6 Å². The van der Waals surface area contributed by atoms with Gasteiger partial charge >= 0.3 is 0 Å². The highest BCUT2D eigenvalue weighted by Gasteiger charge is 2.25. The van der Waals surface area contributed by atoms with Gasteiger partial charge in [0.1, 0.15) is 0 Å². The van der Waals surface area contributed by atoms with E-state index >= 15 is 0 Å². The summed E-state index contributed by atoms with van der Waals surface area (Å²) in [6.45, 7) is 2.24. The van der Waals surface area contributed by atoms with Crippen molar-refractivity contribution in [2.24, 2.45) is 17.8 Å². The Morgan fingerprint density at radius 1 is 0.800 bits per heavy atom. The standard InChI is InChI=1S/C29H41N/c1-2-24-15-19-28(20-16-24)29-21-17-27(18-22-29)14-13-26-11-9-25(10-12-26)8-6-4-3-5-7-23-30/h3-5,7,15-16,19-20,25-27,29H,2,6,8-14,17-18,21-22H2,1H3/b4-3+,7-5+. The third-order valence-corrected chi connectivity index (χ3v) is 7.82. The molecule has 2 saturated carbocycles. The molecule has 2 aliphatic rings.